The van der Waals surface area contributed by atoms with Crippen LogP contribution in [-0.4, -0.2) is 16.2 Å². The number of phenolic OH excluding ortho intramolecular Hbond substituents is 2. The van der Waals surface area contributed by atoms with Gasteiger partial charge in [0.15, 0.2) is 0 Å². The average molecular weight is 577 g/mol. The summed E-state index contributed by atoms with van der Waals surface area (Å²) in [5.74, 6) is 2.27. The molecule has 2 N–H and O–H groups in total. The van der Waals surface area contributed by atoms with Crippen molar-refractivity contribution in [3.8, 4) is 11.5 Å². The Bertz CT molecular complexity index is 1350. The lowest BCUT2D eigenvalue weighted by molar-refractivity contribution is -0.170. The van der Waals surface area contributed by atoms with Crippen molar-refractivity contribution in [3.05, 3.63) is 94.3 Å². The molecule has 0 saturated heterocycles. The zero-order valence-electron chi connectivity index (χ0n) is 26.6. The van der Waals surface area contributed by atoms with Crippen LogP contribution >= 0.6 is 0 Å². The molecule has 4 nitrogen and oxygen atoms in total. The highest BCUT2D eigenvalue weighted by atomic mass is 19.1. The Kier molecular flexibility index (Phi) is 10.9. The zero-order valence-corrected chi connectivity index (χ0v) is 26.6. The molecule has 2 aliphatic carbocycles. The molecule has 228 valence electrons. The number of carbonyl (C=O) groups excluding carboxylic acids is 1. The molecule has 5 heteroatoms. The van der Waals surface area contributed by atoms with Gasteiger partial charge in [0, 0.05) is 0 Å². The normalized spacial score (nSPS) is 21.2. The molecule has 5 rings (SSSR count). The van der Waals surface area contributed by atoms with Crippen molar-refractivity contribution in [2.45, 2.75) is 105 Å². The fourth-order valence-corrected chi connectivity index (χ4v) is 5.47. The summed E-state index contributed by atoms with van der Waals surface area (Å²) in [4.78, 5) is 12.2. The molecule has 3 aromatic carbocycles. The molecule has 0 spiro atoms. The number of esters is 1. The summed E-state index contributed by atoms with van der Waals surface area (Å²) in [6.45, 7) is 16.5. The van der Waals surface area contributed by atoms with E-state index in [1.165, 1.54) is 17.2 Å². The van der Waals surface area contributed by atoms with Gasteiger partial charge in [-0.3, -0.25) is 4.79 Å². The van der Waals surface area contributed by atoms with Gasteiger partial charge in [0.25, 0.3) is 0 Å². The number of hydrogen-bond acceptors (Lipinski definition) is 4. The van der Waals surface area contributed by atoms with Gasteiger partial charge in [-0.2, -0.15) is 0 Å². The number of ether oxygens (including phenoxy) is 1. The van der Waals surface area contributed by atoms with Crippen LogP contribution in [0.3, 0.4) is 0 Å². The van der Waals surface area contributed by atoms with E-state index in [0.29, 0.717) is 29.3 Å². The van der Waals surface area contributed by atoms with Crippen LogP contribution in [0, 0.1) is 17.2 Å². The van der Waals surface area contributed by atoms with Crippen molar-refractivity contribution in [1.82, 2.24) is 0 Å². The van der Waals surface area contributed by atoms with Crippen LogP contribution in [0.5, 0.6) is 11.5 Å². The smallest absolute Gasteiger partial charge is 0.312 e. The fraction of sp³-hybridized carbons (Fsp3) is 0.486. The standard InChI is InChI=1S/C16H21FO2.C11H14O.C10H14O/c1-5-15(2,3)14(18)19-16(4)9-8-11-10-12(17)6-7-13(11)16;1-7-6-10-9(8(7)2)4-3-5-11(10)12;1-3-8(2)9-4-6-10(11)7-5-9/h6-7,10H,5,8-9H2,1-4H3;3-5,7-8,12H,6H2,1-2H3;4-8,11H,3H2,1-2H3. The van der Waals surface area contributed by atoms with Crippen molar-refractivity contribution in [1.29, 1.82) is 0 Å². The second-order valence-electron chi connectivity index (χ2n) is 12.9. The van der Waals surface area contributed by atoms with Gasteiger partial charge in [0.05, 0.1) is 5.41 Å². The van der Waals surface area contributed by atoms with Crippen LogP contribution in [0.2, 0.25) is 0 Å². The van der Waals surface area contributed by atoms with Crippen LogP contribution in [0.15, 0.2) is 60.7 Å². The van der Waals surface area contributed by atoms with Gasteiger partial charge in [-0.1, -0.05) is 65.0 Å². The molecular formula is C37H49FO4. The summed E-state index contributed by atoms with van der Waals surface area (Å²) in [6, 6.07) is 18.0. The van der Waals surface area contributed by atoms with Gasteiger partial charge in [-0.15, -0.1) is 0 Å². The van der Waals surface area contributed by atoms with E-state index in [1.54, 1.807) is 30.3 Å². The van der Waals surface area contributed by atoms with E-state index in [9.17, 15) is 14.3 Å². The minimum Gasteiger partial charge on any atom is -0.508 e. The molecule has 0 bridgehead atoms. The quantitative estimate of drug-likeness (QED) is 0.297. The van der Waals surface area contributed by atoms with Crippen molar-refractivity contribution >= 4 is 5.97 Å². The first-order chi connectivity index (χ1) is 19.7. The van der Waals surface area contributed by atoms with Crippen molar-refractivity contribution < 1.29 is 24.1 Å². The van der Waals surface area contributed by atoms with Gasteiger partial charge < -0.3 is 14.9 Å². The van der Waals surface area contributed by atoms with Gasteiger partial charge in [0.1, 0.15) is 22.9 Å². The van der Waals surface area contributed by atoms with Crippen LogP contribution in [0.4, 0.5) is 4.39 Å². The number of carbonyl (C=O) groups is 1. The lowest BCUT2D eigenvalue weighted by Gasteiger charge is -2.31. The fourth-order valence-electron chi connectivity index (χ4n) is 5.47. The summed E-state index contributed by atoms with van der Waals surface area (Å²) >= 11 is 0. The van der Waals surface area contributed by atoms with Crippen LogP contribution in [0.25, 0.3) is 0 Å². The molecular weight excluding hydrogens is 527 g/mol. The summed E-state index contributed by atoms with van der Waals surface area (Å²) in [5.41, 5.74) is 4.59. The first kappa shape index (κ1) is 33.2. The molecule has 2 aliphatic rings. The molecule has 0 radical (unpaired) electrons. The maximum Gasteiger partial charge on any atom is 0.312 e. The molecule has 0 saturated carbocycles. The van der Waals surface area contributed by atoms with Crippen molar-refractivity contribution in [2.24, 2.45) is 11.3 Å². The highest BCUT2D eigenvalue weighted by Gasteiger charge is 2.41. The van der Waals surface area contributed by atoms with E-state index in [1.807, 2.05) is 45.9 Å². The molecule has 0 fully saturated rings. The van der Waals surface area contributed by atoms with E-state index in [0.717, 1.165) is 48.8 Å². The summed E-state index contributed by atoms with van der Waals surface area (Å²) < 4.78 is 19.0. The summed E-state index contributed by atoms with van der Waals surface area (Å²) in [5, 5.41) is 18.6. The number of hydrogen-bond donors (Lipinski definition) is 2. The number of rotatable bonds is 5. The predicted octanol–water partition coefficient (Wildman–Crippen LogP) is 9.56. The molecule has 0 aliphatic heterocycles. The third-order valence-corrected chi connectivity index (χ3v) is 9.40. The second kappa shape index (κ2) is 13.8. The Labute approximate surface area is 252 Å². The highest BCUT2D eigenvalue weighted by molar-refractivity contribution is 5.76. The maximum absolute atomic E-state index is 13.2. The number of aromatic hydroxyl groups is 2. The number of phenols is 2. The van der Waals surface area contributed by atoms with Gasteiger partial charge in [-0.25, -0.2) is 4.39 Å². The monoisotopic (exact) mass is 576 g/mol. The topological polar surface area (TPSA) is 66.8 Å². The molecule has 0 heterocycles. The van der Waals surface area contributed by atoms with E-state index in [4.69, 9.17) is 9.84 Å². The van der Waals surface area contributed by atoms with Crippen LogP contribution in [-0.2, 0) is 28.0 Å². The SMILES string of the molecule is CC1Cc2c(O)cccc2C1C.CCC(C)(C)C(=O)OC1(C)CCc2cc(F)ccc21.CCC(C)c1ccc(O)cc1. The Morgan fingerprint density at radius 2 is 1.74 bits per heavy atom. The predicted molar refractivity (Wildman–Crippen MR) is 168 cm³/mol. The van der Waals surface area contributed by atoms with E-state index >= 15 is 0 Å². The number of benzene rings is 3. The average Bonchev–Trinajstić information content (AvgIpc) is 3.44. The Morgan fingerprint density at radius 1 is 1.07 bits per heavy atom. The largest absolute Gasteiger partial charge is 0.508 e. The number of aryl methyl sites for hydroxylation is 1. The number of halogens is 1. The zero-order chi connectivity index (χ0) is 31.2. The molecule has 3 aromatic rings. The lowest BCUT2D eigenvalue weighted by Crippen LogP contribution is -2.34. The second-order valence-corrected chi connectivity index (χ2v) is 12.9. The Hall–Kier alpha value is -3.34. The van der Waals surface area contributed by atoms with E-state index in [2.05, 4.69) is 33.8 Å². The Morgan fingerprint density at radius 3 is 2.33 bits per heavy atom. The first-order valence-electron chi connectivity index (χ1n) is 15.3. The molecule has 4 unspecified atom stereocenters. The van der Waals surface area contributed by atoms with Crippen LogP contribution in [0.1, 0.15) is 114 Å². The van der Waals surface area contributed by atoms with E-state index < -0.39 is 11.0 Å². The van der Waals surface area contributed by atoms with Crippen molar-refractivity contribution in [3.63, 3.8) is 0 Å². The van der Waals surface area contributed by atoms with Crippen LogP contribution < -0.4 is 0 Å². The molecule has 42 heavy (non-hydrogen) atoms. The minimum atomic E-state index is -0.618. The third kappa shape index (κ3) is 7.73. The first-order valence-corrected chi connectivity index (χ1v) is 15.3. The highest BCUT2D eigenvalue weighted by Crippen LogP contribution is 2.42. The summed E-state index contributed by atoms with van der Waals surface area (Å²) in [6.07, 6.45) is 4.38. The molecule has 0 aromatic heterocycles. The van der Waals surface area contributed by atoms with E-state index in [-0.39, 0.29) is 11.8 Å². The van der Waals surface area contributed by atoms with Gasteiger partial charge >= 0.3 is 5.97 Å². The number of fused-ring (bicyclic) bond motifs is 2. The lowest BCUT2D eigenvalue weighted by atomic mass is 9.89. The third-order valence-electron chi connectivity index (χ3n) is 9.40. The molecule has 4 atom stereocenters. The van der Waals surface area contributed by atoms with Gasteiger partial charge in [-0.05, 0) is 129 Å². The summed E-state index contributed by atoms with van der Waals surface area (Å²) in [7, 11) is 0. The minimum absolute atomic E-state index is 0.185. The van der Waals surface area contributed by atoms with Crippen molar-refractivity contribution in [2.75, 3.05) is 0 Å². The molecule has 0 amide bonds. The Balaban J connectivity index is 0.000000182. The van der Waals surface area contributed by atoms with Gasteiger partial charge in [0.2, 0.25) is 0 Å². The maximum atomic E-state index is 13.2.